The Morgan fingerprint density at radius 1 is 1.40 bits per heavy atom. The van der Waals surface area contributed by atoms with Crippen molar-refractivity contribution in [1.82, 2.24) is 0 Å². The van der Waals surface area contributed by atoms with Gasteiger partial charge in [0.25, 0.3) is 5.92 Å². The number of ether oxygens (including phenoxy) is 1. The van der Waals surface area contributed by atoms with Crippen molar-refractivity contribution >= 4 is 5.97 Å². The summed E-state index contributed by atoms with van der Waals surface area (Å²) in [5, 5.41) is 8.93. The molecule has 1 rings (SSSR count). The number of carbonyl (C=O) groups excluding carboxylic acids is 1. The van der Waals surface area contributed by atoms with Crippen LogP contribution in [0, 0.1) is 0 Å². The minimum absolute atomic E-state index is 0.00706. The first kappa shape index (κ1) is 11.4. The molecule has 0 unspecified atom stereocenters. The molecule has 0 spiro atoms. The first-order valence-electron chi connectivity index (χ1n) is 4.22. The number of rotatable bonds is 3. The maximum absolute atomic E-state index is 12.3. The number of phenolic OH excluding ortho intramolecular Hbond substituents is 1. The van der Waals surface area contributed by atoms with Gasteiger partial charge < -0.3 is 9.84 Å². The van der Waals surface area contributed by atoms with Gasteiger partial charge in [0.05, 0.1) is 5.56 Å². The van der Waals surface area contributed by atoms with Crippen LogP contribution in [0.4, 0.5) is 8.78 Å². The average Bonchev–Trinajstić information content (AvgIpc) is 2.14. The van der Waals surface area contributed by atoms with Crippen LogP contribution in [0.1, 0.15) is 17.3 Å². The second-order valence-corrected chi connectivity index (χ2v) is 3.19. The van der Waals surface area contributed by atoms with Crippen molar-refractivity contribution in [3.05, 3.63) is 29.8 Å². The van der Waals surface area contributed by atoms with Gasteiger partial charge in [0.15, 0.2) is 6.61 Å². The highest BCUT2D eigenvalue weighted by Gasteiger charge is 2.23. The summed E-state index contributed by atoms with van der Waals surface area (Å²) in [4.78, 5) is 11.2. The highest BCUT2D eigenvalue weighted by Crippen LogP contribution is 2.14. The normalized spacial score (nSPS) is 11.1. The molecule has 0 aliphatic carbocycles. The van der Waals surface area contributed by atoms with Gasteiger partial charge in [-0.25, -0.2) is 13.6 Å². The number of benzene rings is 1. The van der Waals surface area contributed by atoms with Crippen LogP contribution < -0.4 is 0 Å². The Labute approximate surface area is 85.3 Å². The average molecular weight is 216 g/mol. The van der Waals surface area contributed by atoms with Crippen LogP contribution in [0.2, 0.25) is 0 Å². The molecular formula is C10H10F2O3. The van der Waals surface area contributed by atoms with E-state index < -0.39 is 18.5 Å². The third-order valence-electron chi connectivity index (χ3n) is 1.56. The van der Waals surface area contributed by atoms with Gasteiger partial charge in [-0.3, -0.25) is 0 Å². The molecule has 0 aliphatic rings. The van der Waals surface area contributed by atoms with Crippen LogP contribution in [0.5, 0.6) is 5.75 Å². The molecule has 0 fully saturated rings. The number of alkyl halides is 2. The minimum Gasteiger partial charge on any atom is -0.508 e. The third kappa shape index (κ3) is 3.93. The molecule has 0 heterocycles. The molecule has 0 atom stereocenters. The van der Waals surface area contributed by atoms with Crippen LogP contribution >= 0.6 is 0 Å². The Morgan fingerprint density at radius 2 is 1.93 bits per heavy atom. The molecule has 0 radical (unpaired) electrons. The standard InChI is InChI=1S/C10H10F2O3/c1-10(11,12)6-15-9(14)7-2-4-8(13)5-3-7/h2-5,13H,6H2,1H3. The van der Waals surface area contributed by atoms with Crippen LogP contribution in [0.15, 0.2) is 24.3 Å². The van der Waals surface area contributed by atoms with Gasteiger partial charge in [-0.05, 0) is 24.3 Å². The number of carbonyl (C=O) groups is 1. The molecule has 0 aliphatic heterocycles. The highest BCUT2D eigenvalue weighted by molar-refractivity contribution is 5.89. The first-order valence-corrected chi connectivity index (χ1v) is 4.22. The van der Waals surface area contributed by atoms with Gasteiger partial charge in [-0.1, -0.05) is 0 Å². The van der Waals surface area contributed by atoms with Gasteiger partial charge in [0.1, 0.15) is 5.75 Å². The molecule has 5 heteroatoms. The van der Waals surface area contributed by atoms with E-state index in [1.165, 1.54) is 24.3 Å². The Balaban J connectivity index is 2.58. The molecule has 1 aromatic carbocycles. The molecule has 1 N–H and O–H groups in total. The van der Waals surface area contributed by atoms with E-state index in [1.54, 1.807) is 0 Å². The van der Waals surface area contributed by atoms with Crippen LogP contribution in [0.3, 0.4) is 0 Å². The molecule has 0 bridgehead atoms. The van der Waals surface area contributed by atoms with Gasteiger partial charge >= 0.3 is 5.97 Å². The molecule has 15 heavy (non-hydrogen) atoms. The van der Waals surface area contributed by atoms with Crippen LogP contribution in [-0.2, 0) is 4.74 Å². The second-order valence-electron chi connectivity index (χ2n) is 3.19. The monoisotopic (exact) mass is 216 g/mol. The number of phenols is 1. The van der Waals surface area contributed by atoms with Crippen LogP contribution in [-0.4, -0.2) is 23.6 Å². The first-order chi connectivity index (χ1) is 6.88. The zero-order valence-electron chi connectivity index (χ0n) is 8.04. The molecule has 82 valence electrons. The SMILES string of the molecule is CC(F)(F)COC(=O)c1ccc(O)cc1. The van der Waals surface area contributed by atoms with Gasteiger partial charge in [-0.2, -0.15) is 0 Å². The summed E-state index contributed by atoms with van der Waals surface area (Å²) < 4.78 is 29.1. The van der Waals surface area contributed by atoms with Crippen molar-refractivity contribution < 1.29 is 23.4 Å². The molecule has 0 saturated carbocycles. The predicted molar refractivity (Wildman–Crippen MR) is 49.0 cm³/mol. The van der Waals surface area contributed by atoms with Crippen molar-refractivity contribution in [2.45, 2.75) is 12.8 Å². The van der Waals surface area contributed by atoms with Crippen molar-refractivity contribution in [3.8, 4) is 5.75 Å². The molecule has 0 amide bonds. The predicted octanol–water partition coefficient (Wildman–Crippen LogP) is 2.20. The maximum Gasteiger partial charge on any atom is 0.338 e. The lowest BCUT2D eigenvalue weighted by Gasteiger charge is -2.10. The fourth-order valence-corrected chi connectivity index (χ4v) is 0.873. The number of hydrogen-bond acceptors (Lipinski definition) is 3. The number of esters is 1. The Kier molecular flexibility index (Phi) is 3.24. The van der Waals surface area contributed by atoms with Crippen molar-refractivity contribution in [2.75, 3.05) is 6.61 Å². The summed E-state index contributed by atoms with van der Waals surface area (Å²) in [7, 11) is 0. The number of halogens is 2. The van der Waals surface area contributed by atoms with Crippen molar-refractivity contribution in [3.63, 3.8) is 0 Å². The Morgan fingerprint density at radius 3 is 2.40 bits per heavy atom. The smallest absolute Gasteiger partial charge is 0.338 e. The maximum atomic E-state index is 12.3. The van der Waals surface area contributed by atoms with Crippen molar-refractivity contribution in [2.24, 2.45) is 0 Å². The number of hydrogen-bond donors (Lipinski definition) is 1. The summed E-state index contributed by atoms with van der Waals surface area (Å²) in [6.45, 7) is -0.288. The Hall–Kier alpha value is -1.65. The van der Waals surface area contributed by atoms with Gasteiger partial charge in [-0.15, -0.1) is 0 Å². The summed E-state index contributed by atoms with van der Waals surface area (Å²) in [6.07, 6.45) is 0. The zero-order chi connectivity index (χ0) is 11.5. The molecule has 3 nitrogen and oxygen atoms in total. The largest absolute Gasteiger partial charge is 0.508 e. The quantitative estimate of drug-likeness (QED) is 0.788. The minimum atomic E-state index is -3.04. The molecule has 0 aromatic heterocycles. The fourth-order valence-electron chi connectivity index (χ4n) is 0.873. The zero-order valence-corrected chi connectivity index (χ0v) is 8.04. The summed E-state index contributed by atoms with van der Waals surface area (Å²) >= 11 is 0. The van der Waals surface area contributed by atoms with E-state index in [0.29, 0.717) is 6.92 Å². The van der Waals surface area contributed by atoms with E-state index >= 15 is 0 Å². The summed E-state index contributed by atoms with van der Waals surface area (Å²) in [5.41, 5.74) is 0.122. The van der Waals surface area contributed by atoms with E-state index in [-0.39, 0.29) is 11.3 Å². The van der Waals surface area contributed by atoms with Gasteiger partial charge in [0, 0.05) is 6.92 Å². The molecular weight excluding hydrogens is 206 g/mol. The molecule has 0 saturated heterocycles. The lowest BCUT2D eigenvalue weighted by Crippen LogP contribution is -2.21. The van der Waals surface area contributed by atoms with Crippen LogP contribution in [0.25, 0.3) is 0 Å². The summed E-state index contributed by atoms with van der Waals surface area (Å²) in [6, 6.07) is 5.15. The topological polar surface area (TPSA) is 46.5 Å². The van der Waals surface area contributed by atoms with E-state index in [4.69, 9.17) is 5.11 Å². The van der Waals surface area contributed by atoms with E-state index in [0.717, 1.165) is 0 Å². The fraction of sp³-hybridized carbons (Fsp3) is 0.300. The van der Waals surface area contributed by atoms with E-state index in [2.05, 4.69) is 4.74 Å². The number of aromatic hydroxyl groups is 1. The molecule has 1 aromatic rings. The third-order valence-corrected chi connectivity index (χ3v) is 1.56. The lowest BCUT2D eigenvalue weighted by molar-refractivity contribution is -0.0466. The van der Waals surface area contributed by atoms with E-state index in [1.807, 2.05) is 0 Å². The van der Waals surface area contributed by atoms with Crippen molar-refractivity contribution in [1.29, 1.82) is 0 Å². The highest BCUT2D eigenvalue weighted by atomic mass is 19.3. The van der Waals surface area contributed by atoms with E-state index in [9.17, 15) is 13.6 Å². The lowest BCUT2D eigenvalue weighted by atomic mass is 10.2. The summed E-state index contributed by atoms with van der Waals surface area (Å²) in [5.74, 6) is -3.88. The second kappa shape index (κ2) is 4.25. The van der Waals surface area contributed by atoms with Gasteiger partial charge in [0.2, 0.25) is 0 Å². The Bertz CT molecular complexity index is 341.